The first-order valence-electron chi connectivity index (χ1n) is 5.76. The molecule has 1 N–H and O–H groups in total. The highest BCUT2D eigenvalue weighted by atomic mass is 127. The molecule has 0 spiro atoms. The van der Waals surface area contributed by atoms with Gasteiger partial charge < -0.3 is 5.32 Å². The first-order chi connectivity index (χ1) is 7.63. The minimum Gasteiger partial charge on any atom is -0.313 e. The Kier molecular flexibility index (Phi) is 6.08. The van der Waals surface area contributed by atoms with Crippen molar-refractivity contribution >= 4 is 34.2 Å². The van der Waals surface area contributed by atoms with Crippen molar-refractivity contribution in [3.05, 3.63) is 32.4 Å². The molecule has 0 aliphatic heterocycles. The van der Waals surface area contributed by atoms with Crippen LogP contribution in [0.4, 0.5) is 0 Å². The molecular formula is C13H19ClIN. The Morgan fingerprint density at radius 3 is 2.38 bits per heavy atom. The summed E-state index contributed by atoms with van der Waals surface area (Å²) in [5.41, 5.74) is 1.29. The van der Waals surface area contributed by atoms with E-state index in [1.807, 2.05) is 7.05 Å². The first kappa shape index (κ1) is 14.3. The molecule has 1 aromatic rings. The van der Waals surface area contributed by atoms with Gasteiger partial charge in [0.2, 0.25) is 0 Å². The van der Waals surface area contributed by atoms with Gasteiger partial charge in [0.15, 0.2) is 0 Å². The van der Waals surface area contributed by atoms with Crippen LogP contribution in [-0.4, -0.2) is 7.05 Å². The van der Waals surface area contributed by atoms with Crippen molar-refractivity contribution in [2.45, 2.75) is 32.7 Å². The highest BCUT2D eigenvalue weighted by Crippen LogP contribution is 2.30. The second-order valence-electron chi connectivity index (χ2n) is 4.02. The zero-order valence-corrected chi connectivity index (χ0v) is 13.0. The fraction of sp³-hybridized carbons (Fsp3) is 0.538. The molecule has 90 valence electrons. The molecule has 16 heavy (non-hydrogen) atoms. The molecule has 0 aliphatic carbocycles. The molecule has 0 saturated carbocycles. The second kappa shape index (κ2) is 6.82. The summed E-state index contributed by atoms with van der Waals surface area (Å²) in [4.78, 5) is 0. The number of halogens is 2. The SMILES string of the molecule is CCC(CC)C(NC)c1ccc(I)c(Cl)c1. The third kappa shape index (κ3) is 3.34. The van der Waals surface area contributed by atoms with Gasteiger partial charge in [-0.2, -0.15) is 0 Å². The van der Waals surface area contributed by atoms with E-state index >= 15 is 0 Å². The van der Waals surface area contributed by atoms with Crippen LogP contribution in [-0.2, 0) is 0 Å². The van der Waals surface area contributed by atoms with Gasteiger partial charge in [-0.1, -0.05) is 44.4 Å². The van der Waals surface area contributed by atoms with Gasteiger partial charge in [-0.3, -0.25) is 0 Å². The standard InChI is InChI=1S/C13H19ClIN/c1-4-9(5-2)13(16-3)10-6-7-12(15)11(14)8-10/h6-9,13,16H,4-5H2,1-3H3. The lowest BCUT2D eigenvalue weighted by molar-refractivity contribution is 0.359. The highest BCUT2D eigenvalue weighted by molar-refractivity contribution is 14.1. The van der Waals surface area contributed by atoms with Crippen LogP contribution < -0.4 is 5.32 Å². The lowest BCUT2D eigenvalue weighted by atomic mass is 9.89. The Morgan fingerprint density at radius 1 is 1.31 bits per heavy atom. The van der Waals surface area contributed by atoms with Crippen LogP contribution in [0.1, 0.15) is 38.3 Å². The van der Waals surface area contributed by atoms with E-state index in [1.165, 1.54) is 18.4 Å². The summed E-state index contributed by atoms with van der Waals surface area (Å²) in [6, 6.07) is 6.76. The molecule has 1 rings (SSSR count). The maximum absolute atomic E-state index is 6.17. The third-order valence-electron chi connectivity index (χ3n) is 3.13. The zero-order chi connectivity index (χ0) is 12.1. The first-order valence-corrected chi connectivity index (χ1v) is 7.21. The lowest BCUT2D eigenvalue weighted by Gasteiger charge is -2.25. The van der Waals surface area contributed by atoms with Crippen LogP contribution in [0.15, 0.2) is 18.2 Å². The van der Waals surface area contributed by atoms with Crippen LogP contribution in [0.25, 0.3) is 0 Å². The van der Waals surface area contributed by atoms with Crippen LogP contribution >= 0.6 is 34.2 Å². The normalized spacial score (nSPS) is 13.1. The molecule has 1 aromatic carbocycles. The van der Waals surface area contributed by atoms with Gasteiger partial charge in [-0.05, 0) is 53.3 Å². The van der Waals surface area contributed by atoms with Crippen LogP contribution in [0, 0.1) is 9.49 Å². The molecule has 0 radical (unpaired) electrons. The Labute approximate surface area is 117 Å². The van der Waals surface area contributed by atoms with E-state index in [0.717, 1.165) is 8.59 Å². The molecule has 0 heterocycles. The zero-order valence-electron chi connectivity index (χ0n) is 10.1. The summed E-state index contributed by atoms with van der Waals surface area (Å²) in [6.45, 7) is 4.49. The number of benzene rings is 1. The van der Waals surface area contributed by atoms with Crippen LogP contribution in [0.2, 0.25) is 5.02 Å². The molecule has 1 atom stereocenters. The molecule has 0 bridgehead atoms. The average Bonchev–Trinajstić information content (AvgIpc) is 2.29. The van der Waals surface area contributed by atoms with Gasteiger partial charge in [0, 0.05) is 9.61 Å². The average molecular weight is 352 g/mol. The van der Waals surface area contributed by atoms with E-state index in [4.69, 9.17) is 11.6 Å². The smallest absolute Gasteiger partial charge is 0.0542 e. The van der Waals surface area contributed by atoms with Gasteiger partial charge >= 0.3 is 0 Å². The summed E-state index contributed by atoms with van der Waals surface area (Å²) in [5, 5.41) is 4.26. The third-order valence-corrected chi connectivity index (χ3v) is 4.71. The van der Waals surface area contributed by atoms with Gasteiger partial charge in [0.1, 0.15) is 0 Å². The monoisotopic (exact) mass is 351 g/mol. The maximum atomic E-state index is 6.17. The molecule has 0 fully saturated rings. The Morgan fingerprint density at radius 2 is 1.94 bits per heavy atom. The van der Waals surface area contributed by atoms with Crippen LogP contribution in [0.3, 0.4) is 0 Å². The Hall–Kier alpha value is 0.200. The predicted octanol–water partition coefficient (Wildman–Crippen LogP) is 4.64. The van der Waals surface area contributed by atoms with Crippen LogP contribution in [0.5, 0.6) is 0 Å². The number of hydrogen-bond donors (Lipinski definition) is 1. The van der Waals surface area contributed by atoms with Crippen molar-refractivity contribution in [3.63, 3.8) is 0 Å². The maximum Gasteiger partial charge on any atom is 0.0542 e. The van der Waals surface area contributed by atoms with Crippen molar-refractivity contribution in [1.82, 2.24) is 5.32 Å². The number of hydrogen-bond acceptors (Lipinski definition) is 1. The van der Waals surface area contributed by atoms with E-state index in [1.54, 1.807) is 0 Å². The molecule has 0 saturated heterocycles. The fourth-order valence-corrected chi connectivity index (χ4v) is 2.66. The molecular weight excluding hydrogens is 333 g/mol. The molecule has 1 unspecified atom stereocenters. The molecule has 0 aromatic heterocycles. The quantitative estimate of drug-likeness (QED) is 0.762. The Bertz CT molecular complexity index is 337. The fourth-order valence-electron chi connectivity index (χ4n) is 2.14. The highest BCUT2D eigenvalue weighted by Gasteiger charge is 2.18. The summed E-state index contributed by atoms with van der Waals surface area (Å²) in [5.74, 6) is 0.668. The minimum atomic E-state index is 0.407. The van der Waals surface area contributed by atoms with E-state index in [-0.39, 0.29) is 0 Å². The second-order valence-corrected chi connectivity index (χ2v) is 5.59. The van der Waals surface area contributed by atoms with Crippen molar-refractivity contribution in [2.24, 2.45) is 5.92 Å². The van der Waals surface area contributed by atoms with Crippen molar-refractivity contribution < 1.29 is 0 Å². The van der Waals surface area contributed by atoms with E-state index in [2.05, 4.69) is 60.0 Å². The molecule has 3 heteroatoms. The predicted molar refractivity (Wildman–Crippen MR) is 80.0 cm³/mol. The molecule has 0 aliphatic rings. The van der Waals surface area contributed by atoms with E-state index in [0.29, 0.717) is 12.0 Å². The van der Waals surface area contributed by atoms with Crippen molar-refractivity contribution in [3.8, 4) is 0 Å². The van der Waals surface area contributed by atoms with Gasteiger partial charge in [-0.25, -0.2) is 0 Å². The molecule has 0 amide bonds. The summed E-state index contributed by atoms with van der Waals surface area (Å²) < 4.78 is 1.11. The van der Waals surface area contributed by atoms with E-state index < -0.39 is 0 Å². The summed E-state index contributed by atoms with van der Waals surface area (Å²) in [7, 11) is 2.02. The summed E-state index contributed by atoms with van der Waals surface area (Å²) >= 11 is 8.43. The number of rotatable bonds is 5. The van der Waals surface area contributed by atoms with Crippen molar-refractivity contribution in [1.29, 1.82) is 0 Å². The topological polar surface area (TPSA) is 12.0 Å². The Balaban J connectivity index is 2.98. The summed E-state index contributed by atoms with van der Waals surface area (Å²) in [6.07, 6.45) is 2.37. The van der Waals surface area contributed by atoms with Crippen molar-refractivity contribution in [2.75, 3.05) is 7.05 Å². The largest absolute Gasteiger partial charge is 0.313 e. The van der Waals surface area contributed by atoms with E-state index in [9.17, 15) is 0 Å². The number of nitrogens with one attached hydrogen (secondary N) is 1. The van der Waals surface area contributed by atoms with Gasteiger partial charge in [0.05, 0.1) is 5.02 Å². The van der Waals surface area contributed by atoms with Gasteiger partial charge in [-0.15, -0.1) is 0 Å². The lowest BCUT2D eigenvalue weighted by Crippen LogP contribution is -2.24. The van der Waals surface area contributed by atoms with Gasteiger partial charge in [0.25, 0.3) is 0 Å². The molecule has 1 nitrogen and oxygen atoms in total. The minimum absolute atomic E-state index is 0.407.